The summed E-state index contributed by atoms with van der Waals surface area (Å²) in [5.74, 6) is -0.264. The molecule has 1 aromatic heterocycles. The predicted molar refractivity (Wildman–Crippen MR) is 77.2 cm³/mol. The highest BCUT2D eigenvalue weighted by molar-refractivity contribution is 5.93. The van der Waals surface area contributed by atoms with Gasteiger partial charge in [0.25, 0.3) is 5.91 Å². The Kier molecular flexibility index (Phi) is 5.78. The minimum absolute atomic E-state index is 0.237. The van der Waals surface area contributed by atoms with Crippen molar-refractivity contribution in [2.24, 2.45) is 7.05 Å². The van der Waals surface area contributed by atoms with Gasteiger partial charge in [-0.05, 0) is 18.9 Å². The Balaban J connectivity index is 2.70. The Hall–Kier alpha value is -1.80. The molecule has 5 nitrogen and oxygen atoms in total. The van der Waals surface area contributed by atoms with E-state index < -0.39 is 5.60 Å². The number of nitriles is 1. The Morgan fingerprint density at radius 1 is 1.45 bits per heavy atom. The van der Waals surface area contributed by atoms with E-state index in [2.05, 4.69) is 5.32 Å². The van der Waals surface area contributed by atoms with Gasteiger partial charge in [-0.25, -0.2) is 0 Å². The normalized spacial score (nSPS) is 11.2. The minimum Gasteiger partial charge on any atom is -0.388 e. The third kappa shape index (κ3) is 4.10. The lowest BCUT2D eigenvalue weighted by Crippen LogP contribution is -2.43. The third-order valence-corrected chi connectivity index (χ3v) is 3.38. The fourth-order valence-electron chi connectivity index (χ4n) is 2.42. The molecule has 0 aromatic carbocycles. The summed E-state index contributed by atoms with van der Waals surface area (Å²) in [5, 5.41) is 22.0. The number of nitrogens with one attached hydrogen (secondary N) is 1. The fourth-order valence-corrected chi connectivity index (χ4v) is 2.42. The van der Waals surface area contributed by atoms with Gasteiger partial charge in [-0.2, -0.15) is 5.26 Å². The van der Waals surface area contributed by atoms with Crippen LogP contribution in [0.15, 0.2) is 12.3 Å². The molecule has 0 spiro atoms. The van der Waals surface area contributed by atoms with Gasteiger partial charge in [0.2, 0.25) is 0 Å². The van der Waals surface area contributed by atoms with Crippen molar-refractivity contribution in [2.45, 2.75) is 45.1 Å². The monoisotopic (exact) mass is 277 g/mol. The van der Waals surface area contributed by atoms with Crippen LogP contribution in [0.5, 0.6) is 0 Å². The number of hydrogen-bond acceptors (Lipinski definition) is 3. The molecule has 0 aliphatic rings. The first-order valence-electron chi connectivity index (χ1n) is 7.02. The number of amides is 1. The summed E-state index contributed by atoms with van der Waals surface area (Å²) < 4.78 is 1.62. The molecule has 0 atom stereocenters. The van der Waals surface area contributed by atoms with Crippen LogP contribution in [0.25, 0.3) is 0 Å². The van der Waals surface area contributed by atoms with E-state index in [0.29, 0.717) is 24.1 Å². The second-order valence-electron chi connectivity index (χ2n) is 5.24. The number of hydrogen-bond donors (Lipinski definition) is 2. The zero-order chi connectivity index (χ0) is 15.2. The number of carbonyl (C=O) groups is 1. The molecule has 1 aromatic rings. The maximum Gasteiger partial charge on any atom is 0.268 e. The molecular weight excluding hydrogens is 254 g/mol. The van der Waals surface area contributed by atoms with Gasteiger partial charge in [0.15, 0.2) is 0 Å². The van der Waals surface area contributed by atoms with Crippen molar-refractivity contribution in [2.75, 3.05) is 6.54 Å². The highest BCUT2D eigenvalue weighted by atomic mass is 16.3. The summed E-state index contributed by atoms with van der Waals surface area (Å²) in [6.07, 6.45) is 4.68. The molecule has 1 amide bonds. The molecule has 0 aliphatic heterocycles. The van der Waals surface area contributed by atoms with Gasteiger partial charge in [0, 0.05) is 19.8 Å². The van der Waals surface area contributed by atoms with Crippen molar-refractivity contribution < 1.29 is 9.90 Å². The van der Waals surface area contributed by atoms with Crippen molar-refractivity contribution >= 4 is 5.91 Å². The highest BCUT2D eigenvalue weighted by Gasteiger charge is 2.26. The van der Waals surface area contributed by atoms with Crippen molar-refractivity contribution in [3.05, 3.63) is 23.5 Å². The van der Waals surface area contributed by atoms with Gasteiger partial charge < -0.3 is 15.0 Å². The van der Waals surface area contributed by atoms with Crippen LogP contribution in [0.2, 0.25) is 0 Å². The van der Waals surface area contributed by atoms with Crippen molar-refractivity contribution in [3.8, 4) is 6.07 Å². The number of carbonyl (C=O) groups excluding carboxylic acids is 1. The Labute approximate surface area is 120 Å². The van der Waals surface area contributed by atoms with Crippen LogP contribution < -0.4 is 5.32 Å². The van der Waals surface area contributed by atoms with Crippen molar-refractivity contribution in [3.63, 3.8) is 0 Å². The molecule has 0 saturated carbocycles. The molecule has 5 heteroatoms. The first kappa shape index (κ1) is 16.3. The zero-order valence-corrected chi connectivity index (χ0v) is 12.4. The number of nitrogens with zero attached hydrogens (tertiary/aromatic N) is 2. The summed E-state index contributed by atoms with van der Waals surface area (Å²) in [6, 6.07) is 3.56. The lowest BCUT2D eigenvalue weighted by molar-refractivity contribution is 0.0212. The average molecular weight is 277 g/mol. The Morgan fingerprint density at radius 2 is 2.05 bits per heavy atom. The fraction of sp³-hybridized carbons (Fsp3) is 0.600. The Morgan fingerprint density at radius 3 is 2.50 bits per heavy atom. The minimum atomic E-state index is -0.845. The first-order chi connectivity index (χ1) is 9.45. The number of aryl methyl sites for hydroxylation is 1. The highest BCUT2D eigenvalue weighted by Crippen LogP contribution is 2.18. The van der Waals surface area contributed by atoms with Crippen LogP contribution in [0.3, 0.4) is 0 Å². The summed E-state index contributed by atoms with van der Waals surface area (Å²) in [5.41, 5.74) is 0.0366. The molecule has 0 aliphatic carbocycles. The number of aromatic nitrogens is 1. The number of rotatable bonds is 7. The summed E-state index contributed by atoms with van der Waals surface area (Å²) >= 11 is 0. The van der Waals surface area contributed by atoms with Crippen LogP contribution in [0, 0.1) is 11.3 Å². The summed E-state index contributed by atoms with van der Waals surface area (Å²) in [4.78, 5) is 12.1. The van der Waals surface area contributed by atoms with E-state index in [9.17, 15) is 9.90 Å². The van der Waals surface area contributed by atoms with Crippen molar-refractivity contribution in [1.29, 1.82) is 5.26 Å². The topological polar surface area (TPSA) is 78.1 Å². The quantitative estimate of drug-likeness (QED) is 0.799. The molecule has 0 bridgehead atoms. The second kappa shape index (κ2) is 7.11. The SMILES string of the molecule is CCCC(O)(CCC)CNC(=O)c1cc(C#N)cn1C. The second-order valence-corrected chi connectivity index (χ2v) is 5.24. The standard InChI is InChI=1S/C15H23N3O2/c1-4-6-15(20,7-5-2)11-17-14(19)13-8-12(9-16)10-18(13)3/h8,10,20H,4-7,11H2,1-3H3,(H,17,19). The van der Waals surface area contributed by atoms with Gasteiger partial charge >= 0.3 is 0 Å². The largest absolute Gasteiger partial charge is 0.388 e. The maximum absolute atomic E-state index is 12.1. The van der Waals surface area contributed by atoms with Gasteiger partial charge in [-0.1, -0.05) is 26.7 Å². The van der Waals surface area contributed by atoms with E-state index in [-0.39, 0.29) is 12.5 Å². The van der Waals surface area contributed by atoms with Crippen LogP contribution in [-0.4, -0.2) is 27.7 Å². The van der Waals surface area contributed by atoms with E-state index in [1.807, 2.05) is 19.9 Å². The Bertz CT molecular complexity index is 494. The van der Waals surface area contributed by atoms with E-state index in [1.54, 1.807) is 23.9 Å². The lowest BCUT2D eigenvalue weighted by atomic mass is 9.92. The van der Waals surface area contributed by atoms with E-state index >= 15 is 0 Å². The molecule has 110 valence electrons. The zero-order valence-electron chi connectivity index (χ0n) is 12.4. The molecule has 0 saturated heterocycles. The van der Waals surface area contributed by atoms with E-state index in [0.717, 1.165) is 12.8 Å². The molecule has 1 rings (SSSR count). The van der Waals surface area contributed by atoms with E-state index in [4.69, 9.17) is 5.26 Å². The molecule has 0 fully saturated rings. The lowest BCUT2D eigenvalue weighted by Gasteiger charge is -2.27. The maximum atomic E-state index is 12.1. The molecular formula is C15H23N3O2. The summed E-state index contributed by atoms with van der Waals surface area (Å²) in [6.45, 7) is 4.26. The third-order valence-electron chi connectivity index (χ3n) is 3.38. The van der Waals surface area contributed by atoms with Gasteiger partial charge in [0.1, 0.15) is 11.8 Å². The van der Waals surface area contributed by atoms with Crippen molar-refractivity contribution in [1.82, 2.24) is 9.88 Å². The van der Waals surface area contributed by atoms with Crippen LogP contribution in [0.1, 0.15) is 55.6 Å². The van der Waals surface area contributed by atoms with E-state index in [1.165, 1.54) is 0 Å². The first-order valence-corrected chi connectivity index (χ1v) is 7.02. The molecule has 0 unspecified atom stereocenters. The van der Waals surface area contributed by atoms with Gasteiger partial charge in [0.05, 0.1) is 11.2 Å². The molecule has 1 heterocycles. The van der Waals surface area contributed by atoms with Gasteiger partial charge in [-0.3, -0.25) is 4.79 Å². The van der Waals surface area contributed by atoms with Gasteiger partial charge in [-0.15, -0.1) is 0 Å². The molecule has 0 radical (unpaired) electrons. The van der Waals surface area contributed by atoms with Crippen LogP contribution in [-0.2, 0) is 7.05 Å². The molecule has 20 heavy (non-hydrogen) atoms. The number of aliphatic hydroxyl groups is 1. The van der Waals surface area contributed by atoms with Crippen LogP contribution in [0.4, 0.5) is 0 Å². The smallest absolute Gasteiger partial charge is 0.268 e. The molecule has 2 N–H and O–H groups in total. The average Bonchev–Trinajstić information content (AvgIpc) is 2.78. The predicted octanol–water partition coefficient (Wildman–Crippen LogP) is 1.96. The summed E-state index contributed by atoms with van der Waals surface area (Å²) in [7, 11) is 1.72. The van der Waals surface area contributed by atoms with Crippen LogP contribution >= 0.6 is 0 Å².